The summed E-state index contributed by atoms with van der Waals surface area (Å²) >= 11 is 1.52. The number of nitrogens with zero attached hydrogens (tertiary/aromatic N) is 4. The molecular formula is C24H24F2N4O2S. The van der Waals surface area contributed by atoms with Crippen molar-refractivity contribution in [2.75, 3.05) is 31.2 Å². The van der Waals surface area contributed by atoms with E-state index in [-0.39, 0.29) is 5.75 Å². The molecular weight excluding hydrogens is 446 g/mol. The Labute approximate surface area is 194 Å². The lowest BCUT2D eigenvalue weighted by molar-refractivity contribution is -0.0498. The van der Waals surface area contributed by atoms with E-state index in [1.165, 1.54) is 29.2 Å². The largest absolute Gasteiger partial charge is 0.435 e. The number of hydrogen-bond acceptors (Lipinski definition) is 6. The first kappa shape index (κ1) is 21.8. The number of ether oxygens (including phenoxy) is 2. The lowest BCUT2D eigenvalue weighted by atomic mass is 10.2. The van der Waals surface area contributed by atoms with Gasteiger partial charge >= 0.3 is 6.61 Å². The van der Waals surface area contributed by atoms with Crippen molar-refractivity contribution in [3.63, 3.8) is 0 Å². The van der Waals surface area contributed by atoms with E-state index < -0.39 is 6.61 Å². The third kappa shape index (κ3) is 5.48. The van der Waals surface area contributed by atoms with Gasteiger partial charge < -0.3 is 14.4 Å². The number of aromatic nitrogens is 1. The van der Waals surface area contributed by atoms with Crippen molar-refractivity contribution in [2.45, 2.75) is 25.5 Å². The molecule has 1 saturated heterocycles. The summed E-state index contributed by atoms with van der Waals surface area (Å²) in [6.45, 7) is 0.459. The van der Waals surface area contributed by atoms with Gasteiger partial charge in [0.05, 0.1) is 31.2 Å². The Hall–Kier alpha value is -3.04. The van der Waals surface area contributed by atoms with Crippen molar-refractivity contribution in [3.05, 3.63) is 64.3 Å². The van der Waals surface area contributed by atoms with Crippen LogP contribution >= 0.6 is 11.3 Å². The molecule has 0 spiro atoms. The van der Waals surface area contributed by atoms with Crippen LogP contribution in [0.15, 0.2) is 64.0 Å². The second-order valence-electron chi connectivity index (χ2n) is 7.91. The summed E-state index contributed by atoms with van der Waals surface area (Å²) in [7, 11) is 0. The van der Waals surface area contributed by atoms with Crippen LogP contribution in [0, 0.1) is 0 Å². The van der Waals surface area contributed by atoms with E-state index in [1.807, 2.05) is 16.3 Å². The maximum Gasteiger partial charge on any atom is 0.387 e. The van der Waals surface area contributed by atoms with Crippen molar-refractivity contribution in [1.82, 2.24) is 4.68 Å². The van der Waals surface area contributed by atoms with Gasteiger partial charge in [0.15, 0.2) is 0 Å². The van der Waals surface area contributed by atoms with Gasteiger partial charge in [0.2, 0.25) is 4.80 Å². The number of thiazole rings is 1. The fraction of sp³-hybridized carbons (Fsp3) is 0.333. The topological polar surface area (TPSA) is 51.3 Å². The minimum absolute atomic E-state index is 0.127. The van der Waals surface area contributed by atoms with Gasteiger partial charge in [-0.2, -0.15) is 13.9 Å². The second kappa shape index (κ2) is 9.84. The Kier molecular flexibility index (Phi) is 6.50. The average molecular weight is 471 g/mol. The van der Waals surface area contributed by atoms with Gasteiger partial charge in [0.1, 0.15) is 5.75 Å². The van der Waals surface area contributed by atoms with Crippen LogP contribution in [0.4, 0.5) is 14.5 Å². The van der Waals surface area contributed by atoms with E-state index >= 15 is 0 Å². The van der Waals surface area contributed by atoms with Gasteiger partial charge in [-0.1, -0.05) is 12.1 Å². The number of rotatable bonds is 7. The maximum absolute atomic E-state index is 12.5. The van der Waals surface area contributed by atoms with Crippen molar-refractivity contribution in [1.29, 1.82) is 0 Å². The van der Waals surface area contributed by atoms with Crippen LogP contribution in [0.2, 0.25) is 0 Å². The maximum atomic E-state index is 12.5. The zero-order valence-electron chi connectivity index (χ0n) is 17.9. The van der Waals surface area contributed by atoms with Crippen LogP contribution < -0.4 is 14.4 Å². The summed E-state index contributed by atoms with van der Waals surface area (Å²) in [5.41, 5.74) is 3.86. The normalized spacial score (nSPS) is 17.3. The Morgan fingerprint density at radius 3 is 2.42 bits per heavy atom. The zero-order valence-corrected chi connectivity index (χ0v) is 18.8. The molecule has 2 aromatic carbocycles. The molecule has 2 heterocycles. The molecule has 172 valence electrons. The Bertz CT molecular complexity index is 1160. The molecule has 5 rings (SSSR count). The van der Waals surface area contributed by atoms with Gasteiger partial charge in [-0.15, -0.1) is 11.3 Å². The van der Waals surface area contributed by atoms with Gasteiger partial charge in [0.25, 0.3) is 0 Å². The predicted octanol–water partition coefficient (Wildman–Crippen LogP) is 4.60. The Morgan fingerprint density at radius 1 is 1.03 bits per heavy atom. The van der Waals surface area contributed by atoms with E-state index in [0.717, 1.165) is 60.8 Å². The van der Waals surface area contributed by atoms with Crippen LogP contribution in [0.3, 0.4) is 0 Å². The monoisotopic (exact) mass is 470 g/mol. The highest BCUT2D eigenvalue weighted by atomic mass is 32.1. The molecule has 0 atom stereocenters. The van der Waals surface area contributed by atoms with Crippen LogP contribution in [0.5, 0.6) is 5.75 Å². The fourth-order valence-corrected chi connectivity index (χ4v) is 4.49. The highest BCUT2D eigenvalue weighted by Gasteiger charge is 2.21. The minimum Gasteiger partial charge on any atom is -0.435 e. The lowest BCUT2D eigenvalue weighted by Gasteiger charge is -2.28. The molecule has 6 nitrogen and oxygen atoms in total. The van der Waals surface area contributed by atoms with Gasteiger partial charge in [-0.05, 0) is 54.8 Å². The summed E-state index contributed by atoms with van der Waals surface area (Å²) < 4.78 is 36.6. The molecule has 0 unspecified atom stereocenters. The van der Waals surface area contributed by atoms with Crippen LogP contribution in [-0.2, 0) is 4.74 Å². The van der Waals surface area contributed by atoms with Crippen LogP contribution in [0.1, 0.15) is 18.4 Å². The average Bonchev–Trinajstić information content (AvgIpc) is 3.57. The molecule has 1 aromatic heterocycles. The van der Waals surface area contributed by atoms with Crippen LogP contribution in [0.25, 0.3) is 11.3 Å². The lowest BCUT2D eigenvalue weighted by Crippen LogP contribution is -2.36. The van der Waals surface area contributed by atoms with Crippen molar-refractivity contribution in [2.24, 2.45) is 10.1 Å². The molecule has 0 N–H and O–H groups in total. The third-order valence-corrected chi connectivity index (χ3v) is 6.32. The molecule has 2 fully saturated rings. The molecule has 0 bridgehead atoms. The molecule has 9 heteroatoms. The SMILES string of the molecule is FC(F)Oc1ccc(-c2csc(=NC3CC3)n2N=Cc2ccc(N3CCOCC3)cc2)cc1. The second-order valence-corrected chi connectivity index (χ2v) is 8.75. The molecule has 3 aromatic rings. The van der Waals surface area contributed by atoms with E-state index in [4.69, 9.17) is 14.8 Å². The minimum atomic E-state index is -2.84. The molecule has 0 radical (unpaired) electrons. The van der Waals surface area contributed by atoms with Crippen LogP contribution in [-0.4, -0.2) is 49.8 Å². The smallest absolute Gasteiger partial charge is 0.387 e. The molecule has 0 amide bonds. The molecule has 33 heavy (non-hydrogen) atoms. The van der Waals surface area contributed by atoms with Gasteiger partial charge in [-0.25, -0.2) is 4.68 Å². The van der Waals surface area contributed by atoms with E-state index in [0.29, 0.717) is 6.04 Å². The highest BCUT2D eigenvalue weighted by molar-refractivity contribution is 7.07. The zero-order chi connectivity index (χ0) is 22.6. The number of hydrogen-bond donors (Lipinski definition) is 0. The third-order valence-electron chi connectivity index (χ3n) is 5.49. The molecule has 1 saturated carbocycles. The van der Waals surface area contributed by atoms with E-state index in [9.17, 15) is 8.78 Å². The number of anilines is 1. The quantitative estimate of drug-likeness (QED) is 0.475. The highest BCUT2D eigenvalue weighted by Crippen LogP contribution is 2.26. The van der Waals surface area contributed by atoms with Crippen molar-refractivity contribution >= 4 is 23.2 Å². The molecule has 1 aliphatic heterocycles. The summed E-state index contributed by atoms with van der Waals surface area (Å²) in [5.74, 6) is 0.127. The first-order valence-electron chi connectivity index (χ1n) is 10.9. The number of benzene rings is 2. The molecule has 2 aliphatic rings. The van der Waals surface area contributed by atoms with Gasteiger partial charge in [0, 0.05) is 29.7 Å². The van der Waals surface area contributed by atoms with Crippen molar-refractivity contribution in [3.8, 4) is 17.0 Å². The fourth-order valence-electron chi connectivity index (χ4n) is 3.58. The molecule has 1 aliphatic carbocycles. The number of alkyl halides is 2. The summed E-state index contributed by atoms with van der Waals surface area (Å²) in [6.07, 6.45) is 4.01. The standard InChI is InChI=1S/C24H24F2N4O2S/c25-23(26)32-21-9-3-18(4-10-21)22-16-33-24(28-19-5-6-19)30(22)27-15-17-1-7-20(8-2-17)29-11-13-31-14-12-29/h1-4,7-10,15-16,19,23H,5-6,11-14H2. The van der Waals surface area contributed by atoms with E-state index in [1.54, 1.807) is 12.1 Å². The summed E-state index contributed by atoms with van der Waals surface area (Å²) in [6, 6.07) is 15.2. The van der Waals surface area contributed by atoms with E-state index in [2.05, 4.69) is 33.9 Å². The number of halogens is 2. The predicted molar refractivity (Wildman–Crippen MR) is 125 cm³/mol. The van der Waals surface area contributed by atoms with Crippen molar-refractivity contribution < 1.29 is 18.3 Å². The first-order valence-corrected chi connectivity index (χ1v) is 11.8. The summed E-state index contributed by atoms with van der Waals surface area (Å²) in [4.78, 5) is 7.92. The Balaban J connectivity index is 1.40. The number of morpholine rings is 1. The first-order chi connectivity index (χ1) is 16.2. The summed E-state index contributed by atoms with van der Waals surface area (Å²) in [5, 5.41) is 6.72. The van der Waals surface area contributed by atoms with Gasteiger partial charge in [-0.3, -0.25) is 4.99 Å². The Morgan fingerprint density at radius 2 is 1.76 bits per heavy atom.